The lowest BCUT2D eigenvalue weighted by molar-refractivity contribution is 1.04. The normalized spacial score (nSPS) is 13.7. The van der Waals surface area contributed by atoms with E-state index in [2.05, 4.69) is 16.0 Å². The molecule has 1 heterocycles. The zero-order chi connectivity index (χ0) is 6.97. The Morgan fingerprint density at radius 3 is 3.10 bits per heavy atom. The first kappa shape index (κ1) is 5.59. The Kier molecular flexibility index (Phi) is 1.07. The summed E-state index contributed by atoms with van der Waals surface area (Å²) in [4.78, 5) is 8.22. The van der Waals surface area contributed by atoms with Crippen LogP contribution in [-0.2, 0) is 6.42 Å². The van der Waals surface area contributed by atoms with Gasteiger partial charge in [0.1, 0.15) is 6.33 Å². The highest BCUT2D eigenvalue weighted by Crippen LogP contribution is 2.17. The molecule has 0 saturated carbocycles. The summed E-state index contributed by atoms with van der Waals surface area (Å²) in [5.74, 6) is 0. The molecular weight excluding hydrogens is 124 g/mol. The van der Waals surface area contributed by atoms with E-state index in [1.165, 1.54) is 5.56 Å². The maximum absolute atomic E-state index is 4.12. The molecule has 50 valence electrons. The van der Waals surface area contributed by atoms with Crippen LogP contribution in [0.2, 0.25) is 0 Å². The summed E-state index contributed by atoms with van der Waals surface area (Å²) in [6, 6.07) is 0. The molecule has 2 rings (SSSR count). The van der Waals surface area contributed by atoms with Crippen LogP contribution >= 0.6 is 0 Å². The van der Waals surface area contributed by atoms with Gasteiger partial charge in [0.25, 0.3) is 0 Å². The smallest absolute Gasteiger partial charge is 0.116 e. The van der Waals surface area contributed by atoms with Crippen molar-refractivity contribution < 1.29 is 0 Å². The van der Waals surface area contributed by atoms with Gasteiger partial charge < -0.3 is 0 Å². The third-order valence-electron chi connectivity index (χ3n) is 1.79. The minimum Gasteiger partial charge on any atom is -0.241 e. The first-order valence-electron chi connectivity index (χ1n) is 3.35. The van der Waals surface area contributed by atoms with Gasteiger partial charge in [0.2, 0.25) is 0 Å². The van der Waals surface area contributed by atoms with E-state index < -0.39 is 0 Å². The summed E-state index contributed by atoms with van der Waals surface area (Å²) in [5, 5.41) is 0. The van der Waals surface area contributed by atoms with Crippen LogP contribution in [0.4, 0.5) is 0 Å². The fraction of sp³-hybridized carbons (Fsp3) is 0.250. The molecule has 1 aliphatic rings. The van der Waals surface area contributed by atoms with Crippen LogP contribution in [0.15, 0.2) is 12.4 Å². The lowest BCUT2D eigenvalue weighted by Crippen LogP contribution is -1.93. The largest absolute Gasteiger partial charge is 0.241 e. The Balaban J connectivity index is 2.66. The predicted molar refractivity (Wildman–Crippen MR) is 39.5 cm³/mol. The first-order valence-corrected chi connectivity index (χ1v) is 3.35. The molecular formula is C8H8N2. The maximum atomic E-state index is 4.12. The second-order valence-electron chi connectivity index (χ2n) is 2.43. The number of fused-ring (bicyclic) bond motifs is 1. The van der Waals surface area contributed by atoms with Gasteiger partial charge in [0.15, 0.2) is 0 Å². The molecule has 0 unspecified atom stereocenters. The highest BCUT2D eigenvalue weighted by Gasteiger charge is 2.07. The number of hydrogen-bond donors (Lipinski definition) is 0. The van der Waals surface area contributed by atoms with E-state index in [1.807, 2.05) is 13.0 Å². The van der Waals surface area contributed by atoms with Gasteiger partial charge in [-0.05, 0) is 19.4 Å². The molecule has 2 nitrogen and oxygen atoms in total. The molecule has 1 aromatic heterocycles. The van der Waals surface area contributed by atoms with Gasteiger partial charge in [-0.3, -0.25) is 0 Å². The molecule has 0 spiro atoms. The van der Waals surface area contributed by atoms with E-state index in [0.717, 1.165) is 17.8 Å². The molecule has 1 aromatic rings. The Labute approximate surface area is 59.6 Å². The van der Waals surface area contributed by atoms with E-state index in [9.17, 15) is 0 Å². The van der Waals surface area contributed by atoms with E-state index in [0.29, 0.717) is 0 Å². The van der Waals surface area contributed by atoms with Gasteiger partial charge in [-0.15, -0.1) is 0 Å². The number of hydrogen-bond acceptors (Lipinski definition) is 2. The fourth-order valence-corrected chi connectivity index (χ4v) is 1.20. The van der Waals surface area contributed by atoms with Gasteiger partial charge in [-0.2, -0.15) is 0 Å². The maximum Gasteiger partial charge on any atom is 0.116 e. The van der Waals surface area contributed by atoms with Gasteiger partial charge in [-0.25, -0.2) is 9.97 Å². The molecule has 0 aliphatic heterocycles. The summed E-state index contributed by atoms with van der Waals surface area (Å²) in [6.45, 7) is 2.02. The van der Waals surface area contributed by atoms with E-state index in [-0.39, 0.29) is 0 Å². The Morgan fingerprint density at radius 2 is 2.30 bits per heavy atom. The summed E-state index contributed by atoms with van der Waals surface area (Å²) >= 11 is 0. The van der Waals surface area contributed by atoms with Crippen LogP contribution < -0.4 is 0 Å². The van der Waals surface area contributed by atoms with Crippen molar-refractivity contribution in [3.8, 4) is 0 Å². The topological polar surface area (TPSA) is 25.8 Å². The average molecular weight is 132 g/mol. The van der Waals surface area contributed by atoms with Crippen LogP contribution in [0.5, 0.6) is 0 Å². The van der Waals surface area contributed by atoms with E-state index in [4.69, 9.17) is 0 Å². The molecule has 0 fully saturated rings. The quantitative estimate of drug-likeness (QED) is 0.532. The van der Waals surface area contributed by atoms with Crippen molar-refractivity contribution in [3.63, 3.8) is 0 Å². The lowest BCUT2D eigenvalue weighted by Gasteiger charge is -1.98. The second-order valence-corrected chi connectivity index (χ2v) is 2.43. The Bertz CT molecular complexity index is 289. The summed E-state index contributed by atoms with van der Waals surface area (Å²) in [5.41, 5.74) is 3.48. The molecule has 0 atom stereocenters. The Hall–Kier alpha value is -1.18. The Morgan fingerprint density at radius 1 is 1.40 bits per heavy atom. The van der Waals surface area contributed by atoms with Crippen LogP contribution in [0.1, 0.15) is 17.0 Å². The highest BCUT2D eigenvalue weighted by atomic mass is 14.8. The number of allylic oxidation sites excluding steroid dienone is 1. The molecule has 1 aliphatic carbocycles. The summed E-state index contributed by atoms with van der Waals surface area (Å²) < 4.78 is 0. The van der Waals surface area contributed by atoms with Crippen LogP contribution in [0.3, 0.4) is 0 Å². The number of aryl methyl sites for hydroxylation is 1. The molecule has 10 heavy (non-hydrogen) atoms. The molecule has 0 saturated heterocycles. The van der Waals surface area contributed by atoms with Gasteiger partial charge in [-0.1, -0.05) is 6.08 Å². The van der Waals surface area contributed by atoms with Crippen molar-refractivity contribution in [2.24, 2.45) is 0 Å². The van der Waals surface area contributed by atoms with Gasteiger partial charge in [0, 0.05) is 11.3 Å². The van der Waals surface area contributed by atoms with Crippen LogP contribution in [0, 0.1) is 6.92 Å². The van der Waals surface area contributed by atoms with Gasteiger partial charge >= 0.3 is 0 Å². The first-order chi connectivity index (χ1) is 4.88. The zero-order valence-electron chi connectivity index (χ0n) is 5.83. The minimum atomic E-state index is 1.00. The molecule has 0 amide bonds. The van der Waals surface area contributed by atoms with Crippen molar-refractivity contribution in [3.05, 3.63) is 29.4 Å². The summed E-state index contributed by atoms with van der Waals surface area (Å²) in [7, 11) is 0. The number of nitrogens with zero attached hydrogens (tertiary/aromatic N) is 2. The van der Waals surface area contributed by atoms with E-state index in [1.54, 1.807) is 6.33 Å². The standard InChI is InChI=1S/C8H8N2/c1-6-7-3-2-4-8(7)10-5-9-6/h2,4-5H,3H2,1H3. The van der Waals surface area contributed by atoms with Crippen molar-refractivity contribution in [2.75, 3.05) is 0 Å². The van der Waals surface area contributed by atoms with Gasteiger partial charge in [0.05, 0.1) is 5.69 Å². The van der Waals surface area contributed by atoms with Crippen molar-refractivity contribution in [1.82, 2.24) is 9.97 Å². The second kappa shape index (κ2) is 1.90. The molecule has 2 heteroatoms. The molecule has 0 radical (unpaired) electrons. The third-order valence-corrected chi connectivity index (χ3v) is 1.79. The van der Waals surface area contributed by atoms with Crippen LogP contribution in [-0.4, -0.2) is 9.97 Å². The monoisotopic (exact) mass is 132 g/mol. The fourth-order valence-electron chi connectivity index (χ4n) is 1.20. The predicted octanol–water partition coefficient (Wildman–Crippen LogP) is 1.35. The summed E-state index contributed by atoms with van der Waals surface area (Å²) in [6.07, 6.45) is 6.78. The van der Waals surface area contributed by atoms with Crippen molar-refractivity contribution in [2.45, 2.75) is 13.3 Å². The number of aromatic nitrogens is 2. The molecule has 0 aromatic carbocycles. The van der Waals surface area contributed by atoms with E-state index >= 15 is 0 Å². The average Bonchev–Trinajstić information content (AvgIpc) is 2.36. The number of rotatable bonds is 0. The molecule has 0 bridgehead atoms. The SMILES string of the molecule is Cc1ncnc2c1CC=C2. The highest BCUT2D eigenvalue weighted by molar-refractivity contribution is 5.56. The minimum absolute atomic E-state index is 1.00. The third kappa shape index (κ3) is 0.652. The van der Waals surface area contributed by atoms with Crippen LogP contribution in [0.25, 0.3) is 6.08 Å². The van der Waals surface area contributed by atoms with Crippen molar-refractivity contribution in [1.29, 1.82) is 0 Å². The molecule has 0 N–H and O–H groups in total. The lowest BCUT2D eigenvalue weighted by atomic mass is 10.2. The zero-order valence-corrected chi connectivity index (χ0v) is 5.83. The van der Waals surface area contributed by atoms with Crippen molar-refractivity contribution >= 4 is 6.08 Å².